The Morgan fingerprint density at radius 2 is 1.58 bits per heavy atom. The summed E-state index contributed by atoms with van der Waals surface area (Å²) in [6, 6.07) is 6.26. The van der Waals surface area contributed by atoms with Gasteiger partial charge >= 0.3 is 5.82 Å². The van der Waals surface area contributed by atoms with Crippen molar-refractivity contribution in [3.63, 3.8) is 0 Å². The molecule has 0 aliphatic carbocycles. The SMILES string of the molecule is O=c1oc2cc3oc(-c4ccc(O)c(O)c4)cc(=O)c3c(O)c2o1. The van der Waals surface area contributed by atoms with Crippen LogP contribution in [-0.4, -0.2) is 15.3 Å². The molecule has 0 bridgehead atoms. The van der Waals surface area contributed by atoms with Gasteiger partial charge in [0.25, 0.3) is 0 Å². The number of hydrogen-bond donors (Lipinski definition) is 3. The van der Waals surface area contributed by atoms with E-state index in [2.05, 4.69) is 0 Å². The smallest absolute Gasteiger partial charge is 0.504 e. The van der Waals surface area contributed by atoms with Crippen LogP contribution < -0.4 is 11.3 Å². The molecule has 0 saturated carbocycles. The van der Waals surface area contributed by atoms with Crippen LogP contribution in [0.3, 0.4) is 0 Å². The summed E-state index contributed by atoms with van der Waals surface area (Å²) in [5.74, 6) is -2.18. The quantitative estimate of drug-likeness (QED) is 0.453. The van der Waals surface area contributed by atoms with Gasteiger partial charge in [-0.25, -0.2) is 4.79 Å². The molecule has 4 rings (SSSR count). The standard InChI is InChI=1S/C16H8O8/c17-7-2-1-6(3-8(7)18)10-4-9(19)13-11(22-10)5-12-15(14(13)20)24-16(21)23-12/h1-5,17-18,20H. The summed E-state index contributed by atoms with van der Waals surface area (Å²) >= 11 is 0. The number of aromatic hydroxyl groups is 3. The molecule has 0 saturated heterocycles. The third-order valence-corrected chi connectivity index (χ3v) is 3.55. The van der Waals surface area contributed by atoms with Gasteiger partial charge in [-0.1, -0.05) is 0 Å². The summed E-state index contributed by atoms with van der Waals surface area (Å²) in [4.78, 5) is 23.5. The summed E-state index contributed by atoms with van der Waals surface area (Å²) in [5.41, 5.74) is -0.590. The lowest BCUT2D eigenvalue weighted by atomic mass is 10.1. The molecule has 0 atom stereocenters. The summed E-state index contributed by atoms with van der Waals surface area (Å²) in [6.07, 6.45) is 0. The van der Waals surface area contributed by atoms with E-state index in [4.69, 9.17) is 13.3 Å². The average Bonchev–Trinajstić information content (AvgIpc) is 2.90. The summed E-state index contributed by atoms with van der Waals surface area (Å²) in [5, 5.41) is 28.9. The molecular weight excluding hydrogens is 320 g/mol. The van der Waals surface area contributed by atoms with Gasteiger partial charge in [-0.05, 0) is 18.2 Å². The molecule has 0 spiro atoms. The van der Waals surface area contributed by atoms with Gasteiger partial charge in [0.05, 0.1) is 0 Å². The van der Waals surface area contributed by atoms with Crippen LogP contribution in [0.1, 0.15) is 0 Å². The molecule has 24 heavy (non-hydrogen) atoms. The van der Waals surface area contributed by atoms with Crippen LogP contribution in [-0.2, 0) is 0 Å². The second kappa shape index (κ2) is 4.66. The van der Waals surface area contributed by atoms with Crippen LogP contribution in [0.25, 0.3) is 33.5 Å². The first-order chi connectivity index (χ1) is 11.4. The third kappa shape index (κ3) is 1.93. The van der Waals surface area contributed by atoms with Crippen molar-refractivity contribution >= 4 is 22.1 Å². The first-order valence-corrected chi connectivity index (χ1v) is 6.70. The van der Waals surface area contributed by atoms with Crippen LogP contribution in [0.4, 0.5) is 0 Å². The lowest BCUT2D eigenvalue weighted by Gasteiger charge is -2.05. The molecule has 8 nitrogen and oxygen atoms in total. The lowest BCUT2D eigenvalue weighted by molar-refractivity contribution is 0.401. The van der Waals surface area contributed by atoms with Crippen molar-refractivity contribution in [3.05, 3.63) is 51.2 Å². The van der Waals surface area contributed by atoms with Crippen LogP contribution in [0.5, 0.6) is 17.2 Å². The molecule has 3 N–H and O–H groups in total. The minimum Gasteiger partial charge on any atom is -0.504 e. The van der Waals surface area contributed by atoms with E-state index in [1.165, 1.54) is 24.3 Å². The van der Waals surface area contributed by atoms with E-state index in [0.29, 0.717) is 5.56 Å². The maximum absolute atomic E-state index is 12.3. The highest BCUT2D eigenvalue weighted by atomic mass is 16.6. The molecule has 2 aromatic carbocycles. The number of benzene rings is 2. The maximum Gasteiger partial charge on any atom is 0.519 e. The Morgan fingerprint density at radius 1 is 0.792 bits per heavy atom. The number of phenolic OH excluding ortho intramolecular Hbond substituents is 3. The summed E-state index contributed by atoms with van der Waals surface area (Å²) in [7, 11) is 0. The van der Waals surface area contributed by atoms with Crippen LogP contribution in [0, 0.1) is 0 Å². The normalized spacial score (nSPS) is 11.3. The van der Waals surface area contributed by atoms with Gasteiger partial charge in [-0.2, -0.15) is 0 Å². The molecule has 8 heteroatoms. The minimum atomic E-state index is -1.02. The maximum atomic E-state index is 12.3. The molecule has 4 aromatic rings. The van der Waals surface area contributed by atoms with Crippen LogP contribution in [0.15, 0.2) is 53.2 Å². The Hall–Kier alpha value is -3.68. The molecule has 0 aliphatic rings. The van der Waals surface area contributed by atoms with Crippen molar-refractivity contribution in [2.24, 2.45) is 0 Å². The van der Waals surface area contributed by atoms with Gasteiger partial charge in [0.2, 0.25) is 5.58 Å². The fourth-order valence-corrected chi connectivity index (χ4v) is 2.45. The molecule has 2 aromatic heterocycles. The molecule has 0 fully saturated rings. The van der Waals surface area contributed by atoms with E-state index in [0.717, 1.165) is 6.07 Å². The summed E-state index contributed by atoms with van der Waals surface area (Å²) in [6.45, 7) is 0. The first kappa shape index (κ1) is 13.9. The first-order valence-electron chi connectivity index (χ1n) is 6.70. The van der Waals surface area contributed by atoms with E-state index in [1.54, 1.807) is 0 Å². The van der Waals surface area contributed by atoms with Crippen molar-refractivity contribution in [2.75, 3.05) is 0 Å². The Labute approximate surface area is 131 Å². The van der Waals surface area contributed by atoms with E-state index in [9.17, 15) is 24.9 Å². The zero-order chi connectivity index (χ0) is 17.0. The number of fused-ring (bicyclic) bond motifs is 2. The number of rotatable bonds is 1. The number of hydrogen-bond acceptors (Lipinski definition) is 8. The topological polar surface area (TPSA) is 134 Å². The van der Waals surface area contributed by atoms with Crippen molar-refractivity contribution < 1.29 is 28.6 Å². The monoisotopic (exact) mass is 328 g/mol. The van der Waals surface area contributed by atoms with Gasteiger partial charge in [0, 0.05) is 17.7 Å². The van der Waals surface area contributed by atoms with Gasteiger partial charge in [0.1, 0.15) is 16.7 Å². The third-order valence-electron chi connectivity index (χ3n) is 3.55. The molecule has 0 radical (unpaired) electrons. The molecule has 0 unspecified atom stereocenters. The van der Waals surface area contributed by atoms with Crippen molar-refractivity contribution in [1.29, 1.82) is 0 Å². The van der Waals surface area contributed by atoms with E-state index < -0.39 is 17.0 Å². The molecule has 120 valence electrons. The van der Waals surface area contributed by atoms with Crippen LogP contribution >= 0.6 is 0 Å². The van der Waals surface area contributed by atoms with E-state index >= 15 is 0 Å². The fraction of sp³-hybridized carbons (Fsp3) is 0. The minimum absolute atomic E-state index is 0.0281. The van der Waals surface area contributed by atoms with Gasteiger partial charge in [-0.15, -0.1) is 0 Å². The molecule has 0 aliphatic heterocycles. The van der Waals surface area contributed by atoms with Gasteiger partial charge in [0.15, 0.2) is 28.3 Å². The zero-order valence-corrected chi connectivity index (χ0v) is 11.8. The Morgan fingerprint density at radius 3 is 2.33 bits per heavy atom. The highest BCUT2D eigenvalue weighted by molar-refractivity contribution is 5.98. The average molecular weight is 328 g/mol. The van der Waals surface area contributed by atoms with Crippen molar-refractivity contribution in [3.8, 4) is 28.6 Å². The number of phenols is 3. The van der Waals surface area contributed by atoms with E-state index in [-0.39, 0.29) is 39.4 Å². The van der Waals surface area contributed by atoms with Crippen LogP contribution in [0.2, 0.25) is 0 Å². The Balaban J connectivity index is 2.06. The molecular formula is C16H8O8. The van der Waals surface area contributed by atoms with Gasteiger partial charge in [-0.3, -0.25) is 4.79 Å². The molecule has 0 amide bonds. The Bertz CT molecular complexity index is 1220. The lowest BCUT2D eigenvalue weighted by Crippen LogP contribution is -2.00. The zero-order valence-electron chi connectivity index (χ0n) is 11.8. The predicted molar refractivity (Wildman–Crippen MR) is 81.2 cm³/mol. The molecule has 2 heterocycles. The largest absolute Gasteiger partial charge is 0.519 e. The second-order valence-electron chi connectivity index (χ2n) is 5.06. The summed E-state index contributed by atoms with van der Waals surface area (Å²) < 4.78 is 15.0. The highest BCUT2D eigenvalue weighted by Gasteiger charge is 2.18. The second-order valence-corrected chi connectivity index (χ2v) is 5.06. The fourth-order valence-electron chi connectivity index (χ4n) is 2.45. The van der Waals surface area contributed by atoms with E-state index in [1.807, 2.05) is 0 Å². The van der Waals surface area contributed by atoms with Crippen molar-refractivity contribution in [2.45, 2.75) is 0 Å². The highest BCUT2D eigenvalue weighted by Crippen LogP contribution is 2.35. The Kier molecular flexibility index (Phi) is 2.71. The van der Waals surface area contributed by atoms with Gasteiger partial charge < -0.3 is 28.6 Å². The van der Waals surface area contributed by atoms with Crippen molar-refractivity contribution in [1.82, 2.24) is 0 Å². The predicted octanol–water partition coefficient (Wildman–Crippen LogP) is 2.28.